The Morgan fingerprint density at radius 1 is 1.30 bits per heavy atom. The number of hydrogen-bond donors (Lipinski definition) is 1. The van der Waals surface area contributed by atoms with Gasteiger partial charge in [0.15, 0.2) is 5.89 Å². The van der Waals surface area contributed by atoms with Crippen molar-refractivity contribution in [3.8, 4) is 0 Å². The molecule has 4 nitrogen and oxygen atoms in total. The number of hydrogen-bond acceptors (Lipinski definition) is 4. The third-order valence-corrected chi connectivity index (χ3v) is 4.04. The number of oxazole rings is 1. The Bertz CT molecular complexity index is 359. The summed E-state index contributed by atoms with van der Waals surface area (Å²) in [4.78, 5) is 4.40. The molecule has 0 unspecified atom stereocenters. The van der Waals surface area contributed by atoms with Gasteiger partial charge in [-0.3, -0.25) is 0 Å². The standard InChI is InChI=1S/C16H28N2O2/c1-19-11-10-17-9-5-8-16-18-13-15(20-16)12-14-6-3-2-4-7-14/h13-14,17H,2-12H2,1H3. The van der Waals surface area contributed by atoms with E-state index in [9.17, 15) is 0 Å². The summed E-state index contributed by atoms with van der Waals surface area (Å²) in [6, 6.07) is 0. The Balaban J connectivity index is 1.61. The molecule has 0 spiro atoms. The number of aromatic nitrogens is 1. The van der Waals surface area contributed by atoms with Crippen molar-refractivity contribution in [1.29, 1.82) is 0 Å². The Morgan fingerprint density at radius 2 is 2.15 bits per heavy atom. The number of nitrogens with one attached hydrogen (secondary N) is 1. The zero-order valence-corrected chi connectivity index (χ0v) is 12.7. The summed E-state index contributed by atoms with van der Waals surface area (Å²) in [5.74, 6) is 2.80. The second-order valence-electron chi connectivity index (χ2n) is 5.77. The molecule has 1 N–H and O–H groups in total. The number of methoxy groups -OCH3 is 1. The van der Waals surface area contributed by atoms with Crippen molar-refractivity contribution >= 4 is 0 Å². The van der Waals surface area contributed by atoms with Crippen molar-refractivity contribution in [2.45, 2.75) is 51.4 Å². The average Bonchev–Trinajstić information content (AvgIpc) is 2.91. The first-order chi connectivity index (χ1) is 9.88. The molecule has 1 aromatic heterocycles. The molecule has 1 aliphatic carbocycles. The Kier molecular flexibility index (Phi) is 7.09. The molecule has 4 heteroatoms. The summed E-state index contributed by atoms with van der Waals surface area (Å²) in [5, 5.41) is 3.33. The van der Waals surface area contributed by atoms with Crippen molar-refractivity contribution in [2.75, 3.05) is 26.8 Å². The van der Waals surface area contributed by atoms with E-state index in [2.05, 4.69) is 10.3 Å². The fraction of sp³-hybridized carbons (Fsp3) is 0.812. The van der Waals surface area contributed by atoms with Crippen LogP contribution in [0.2, 0.25) is 0 Å². The maximum atomic E-state index is 5.85. The van der Waals surface area contributed by atoms with Gasteiger partial charge in [-0.25, -0.2) is 4.98 Å². The van der Waals surface area contributed by atoms with E-state index in [0.717, 1.165) is 56.5 Å². The van der Waals surface area contributed by atoms with E-state index in [1.54, 1.807) is 7.11 Å². The van der Waals surface area contributed by atoms with Gasteiger partial charge >= 0.3 is 0 Å². The summed E-state index contributed by atoms with van der Waals surface area (Å²) in [6.07, 6.45) is 11.9. The highest BCUT2D eigenvalue weighted by molar-refractivity contribution is 4.96. The molecule has 0 atom stereocenters. The second kappa shape index (κ2) is 9.14. The lowest BCUT2D eigenvalue weighted by molar-refractivity contribution is 0.199. The lowest BCUT2D eigenvalue weighted by atomic mass is 9.86. The predicted octanol–water partition coefficient (Wildman–Crippen LogP) is 2.97. The maximum absolute atomic E-state index is 5.85. The van der Waals surface area contributed by atoms with Crippen molar-refractivity contribution in [1.82, 2.24) is 10.3 Å². The van der Waals surface area contributed by atoms with Crippen LogP contribution in [-0.4, -0.2) is 31.8 Å². The molecule has 1 fully saturated rings. The summed E-state index contributed by atoms with van der Waals surface area (Å²) in [5.41, 5.74) is 0. The highest BCUT2D eigenvalue weighted by Gasteiger charge is 2.16. The largest absolute Gasteiger partial charge is 0.446 e. The first-order valence-corrected chi connectivity index (χ1v) is 8.01. The van der Waals surface area contributed by atoms with Crippen LogP contribution in [0.5, 0.6) is 0 Å². The molecule has 2 rings (SSSR count). The Labute approximate surface area is 122 Å². The summed E-state index contributed by atoms with van der Waals surface area (Å²) < 4.78 is 10.8. The molecule has 1 heterocycles. The van der Waals surface area contributed by atoms with Crippen LogP contribution in [0.15, 0.2) is 10.6 Å². The zero-order chi connectivity index (χ0) is 14.0. The minimum Gasteiger partial charge on any atom is -0.446 e. The third kappa shape index (κ3) is 5.63. The number of aryl methyl sites for hydroxylation is 1. The molecular formula is C16H28N2O2. The van der Waals surface area contributed by atoms with E-state index in [1.165, 1.54) is 32.1 Å². The summed E-state index contributed by atoms with van der Waals surface area (Å²) in [6.45, 7) is 2.67. The highest BCUT2D eigenvalue weighted by atomic mass is 16.5. The van der Waals surface area contributed by atoms with Crippen molar-refractivity contribution in [2.24, 2.45) is 5.92 Å². The van der Waals surface area contributed by atoms with Gasteiger partial charge in [0.2, 0.25) is 0 Å². The molecule has 1 aromatic rings. The lowest BCUT2D eigenvalue weighted by Crippen LogP contribution is -2.20. The van der Waals surface area contributed by atoms with Gasteiger partial charge < -0.3 is 14.5 Å². The van der Waals surface area contributed by atoms with Crippen LogP contribution < -0.4 is 5.32 Å². The molecule has 0 bridgehead atoms. The summed E-state index contributed by atoms with van der Waals surface area (Å²) in [7, 11) is 1.72. The molecule has 0 radical (unpaired) electrons. The normalized spacial score (nSPS) is 16.6. The van der Waals surface area contributed by atoms with Gasteiger partial charge in [-0.2, -0.15) is 0 Å². The smallest absolute Gasteiger partial charge is 0.194 e. The van der Waals surface area contributed by atoms with Gasteiger partial charge in [0, 0.05) is 26.5 Å². The molecule has 1 saturated carbocycles. The number of rotatable bonds is 9. The van der Waals surface area contributed by atoms with Crippen LogP contribution >= 0.6 is 0 Å². The van der Waals surface area contributed by atoms with Crippen LogP contribution in [0, 0.1) is 5.92 Å². The van der Waals surface area contributed by atoms with E-state index >= 15 is 0 Å². The van der Waals surface area contributed by atoms with Crippen molar-refractivity contribution in [3.63, 3.8) is 0 Å². The van der Waals surface area contributed by atoms with Gasteiger partial charge in [0.1, 0.15) is 5.76 Å². The molecule has 114 valence electrons. The van der Waals surface area contributed by atoms with Gasteiger partial charge in [-0.05, 0) is 18.9 Å². The minimum atomic E-state index is 0.768. The average molecular weight is 280 g/mol. The Hall–Kier alpha value is -0.870. The summed E-state index contributed by atoms with van der Waals surface area (Å²) >= 11 is 0. The SMILES string of the molecule is COCCNCCCc1ncc(CC2CCCCC2)o1. The third-order valence-electron chi connectivity index (χ3n) is 4.04. The second-order valence-corrected chi connectivity index (χ2v) is 5.77. The quantitative estimate of drug-likeness (QED) is 0.706. The molecular weight excluding hydrogens is 252 g/mol. The molecule has 0 amide bonds. The molecule has 0 aromatic carbocycles. The monoisotopic (exact) mass is 280 g/mol. The van der Waals surface area contributed by atoms with E-state index < -0.39 is 0 Å². The van der Waals surface area contributed by atoms with Gasteiger partial charge in [0.05, 0.1) is 12.8 Å². The van der Waals surface area contributed by atoms with Crippen LogP contribution in [0.3, 0.4) is 0 Å². The van der Waals surface area contributed by atoms with Gasteiger partial charge in [-0.15, -0.1) is 0 Å². The van der Waals surface area contributed by atoms with Crippen molar-refractivity contribution in [3.05, 3.63) is 17.8 Å². The van der Waals surface area contributed by atoms with Crippen LogP contribution in [0.25, 0.3) is 0 Å². The number of ether oxygens (including phenoxy) is 1. The molecule has 0 aliphatic heterocycles. The Morgan fingerprint density at radius 3 is 2.95 bits per heavy atom. The lowest BCUT2D eigenvalue weighted by Gasteiger charge is -2.19. The predicted molar refractivity (Wildman–Crippen MR) is 79.8 cm³/mol. The maximum Gasteiger partial charge on any atom is 0.194 e. The zero-order valence-electron chi connectivity index (χ0n) is 12.7. The van der Waals surface area contributed by atoms with Crippen LogP contribution in [0.1, 0.15) is 50.2 Å². The minimum absolute atomic E-state index is 0.768. The fourth-order valence-electron chi connectivity index (χ4n) is 2.90. The van der Waals surface area contributed by atoms with Crippen LogP contribution in [0.4, 0.5) is 0 Å². The van der Waals surface area contributed by atoms with Gasteiger partial charge in [0.25, 0.3) is 0 Å². The highest BCUT2D eigenvalue weighted by Crippen LogP contribution is 2.27. The van der Waals surface area contributed by atoms with E-state index in [-0.39, 0.29) is 0 Å². The van der Waals surface area contributed by atoms with Crippen molar-refractivity contribution < 1.29 is 9.15 Å². The number of nitrogens with zero attached hydrogens (tertiary/aromatic N) is 1. The van der Waals surface area contributed by atoms with Gasteiger partial charge in [-0.1, -0.05) is 32.1 Å². The first kappa shape index (κ1) is 15.5. The molecule has 20 heavy (non-hydrogen) atoms. The first-order valence-electron chi connectivity index (χ1n) is 8.01. The fourth-order valence-corrected chi connectivity index (χ4v) is 2.90. The van der Waals surface area contributed by atoms with E-state index in [0.29, 0.717) is 0 Å². The van der Waals surface area contributed by atoms with E-state index in [1.807, 2.05) is 6.20 Å². The van der Waals surface area contributed by atoms with Crippen LogP contribution in [-0.2, 0) is 17.6 Å². The molecule has 0 saturated heterocycles. The molecule has 1 aliphatic rings. The van der Waals surface area contributed by atoms with E-state index in [4.69, 9.17) is 9.15 Å². The topological polar surface area (TPSA) is 47.3 Å².